The van der Waals surface area contributed by atoms with E-state index in [1.807, 2.05) is 30.3 Å². The number of guanidine groups is 1. The highest BCUT2D eigenvalue weighted by Crippen LogP contribution is 2.26. The Kier molecular flexibility index (Phi) is 5.90. The molecule has 0 heterocycles. The van der Waals surface area contributed by atoms with E-state index in [-0.39, 0.29) is 11.6 Å². The number of rotatable bonds is 6. The third-order valence-corrected chi connectivity index (χ3v) is 3.83. The molecule has 24 heavy (non-hydrogen) atoms. The Balaban J connectivity index is 1.98. The highest BCUT2D eigenvalue weighted by molar-refractivity contribution is 5.78. The van der Waals surface area contributed by atoms with Crippen molar-refractivity contribution in [3.05, 3.63) is 71.3 Å². The molecule has 0 bridgehead atoms. The fraction of sp³-hybridized carbons (Fsp3) is 0.316. The van der Waals surface area contributed by atoms with E-state index >= 15 is 0 Å². The molecule has 0 aromatic heterocycles. The van der Waals surface area contributed by atoms with Crippen LogP contribution in [0.4, 0.5) is 8.78 Å². The van der Waals surface area contributed by atoms with E-state index < -0.39 is 5.92 Å². The molecule has 0 radical (unpaired) electrons. The number of nitrogens with two attached hydrogens (primary N) is 1. The number of benzene rings is 2. The van der Waals surface area contributed by atoms with E-state index in [4.69, 9.17) is 5.73 Å². The summed E-state index contributed by atoms with van der Waals surface area (Å²) in [6.07, 6.45) is 0.876. The molecule has 1 atom stereocenters. The molecule has 0 spiro atoms. The van der Waals surface area contributed by atoms with E-state index in [2.05, 4.69) is 17.2 Å². The first-order valence-electron chi connectivity index (χ1n) is 7.98. The first kappa shape index (κ1) is 17.9. The van der Waals surface area contributed by atoms with Crippen LogP contribution in [0.25, 0.3) is 0 Å². The standard InChI is InChI=1S/C19H23F2N3/c1-3-17(15-7-5-4-6-8-15)24-18(22)23-13-14-9-11-16(12-10-14)19(2,20)21/h4-12,17H,3,13H2,1-2H3,(H3,22,23,24). The van der Waals surface area contributed by atoms with Crippen molar-refractivity contribution in [2.45, 2.75) is 38.8 Å². The average Bonchev–Trinajstić information content (AvgIpc) is 2.58. The minimum atomic E-state index is -2.83. The monoisotopic (exact) mass is 331 g/mol. The topological polar surface area (TPSA) is 50.4 Å². The Morgan fingerprint density at radius 1 is 1.12 bits per heavy atom. The zero-order valence-electron chi connectivity index (χ0n) is 14.0. The maximum absolute atomic E-state index is 13.2. The molecular formula is C19H23F2N3. The molecule has 2 aromatic carbocycles. The van der Waals surface area contributed by atoms with Gasteiger partial charge in [-0.05, 0) is 17.5 Å². The van der Waals surface area contributed by atoms with Crippen LogP contribution < -0.4 is 11.1 Å². The Morgan fingerprint density at radius 2 is 1.75 bits per heavy atom. The van der Waals surface area contributed by atoms with E-state index in [9.17, 15) is 8.78 Å². The van der Waals surface area contributed by atoms with Crippen molar-refractivity contribution in [2.24, 2.45) is 10.7 Å². The van der Waals surface area contributed by atoms with Gasteiger partial charge in [0, 0.05) is 12.5 Å². The number of nitrogens with zero attached hydrogens (tertiary/aromatic N) is 1. The molecule has 0 saturated heterocycles. The van der Waals surface area contributed by atoms with Crippen molar-refractivity contribution in [1.82, 2.24) is 5.32 Å². The van der Waals surface area contributed by atoms with Crippen molar-refractivity contribution in [1.29, 1.82) is 0 Å². The average molecular weight is 331 g/mol. The van der Waals surface area contributed by atoms with E-state index in [0.29, 0.717) is 12.5 Å². The van der Waals surface area contributed by atoms with Crippen LogP contribution in [0, 0.1) is 0 Å². The summed E-state index contributed by atoms with van der Waals surface area (Å²) >= 11 is 0. The summed E-state index contributed by atoms with van der Waals surface area (Å²) in [5, 5.41) is 3.20. The first-order chi connectivity index (χ1) is 11.4. The molecule has 0 aliphatic heterocycles. The Morgan fingerprint density at radius 3 is 2.29 bits per heavy atom. The molecule has 2 aromatic rings. The molecule has 2 rings (SSSR count). The van der Waals surface area contributed by atoms with Crippen molar-refractivity contribution < 1.29 is 8.78 Å². The predicted octanol–water partition coefficient (Wildman–Crippen LogP) is 4.35. The lowest BCUT2D eigenvalue weighted by Crippen LogP contribution is -2.34. The molecule has 0 saturated carbocycles. The second kappa shape index (κ2) is 7.90. The maximum Gasteiger partial charge on any atom is 0.270 e. The number of hydrogen-bond acceptors (Lipinski definition) is 1. The summed E-state index contributed by atoms with van der Waals surface area (Å²) in [6, 6.07) is 16.3. The second-order valence-electron chi connectivity index (χ2n) is 5.80. The van der Waals surface area contributed by atoms with Crippen LogP contribution in [0.1, 0.15) is 43.0 Å². The van der Waals surface area contributed by atoms with Gasteiger partial charge in [-0.25, -0.2) is 13.8 Å². The Hall–Kier alpha value is -2.43. The lowest BCUT2D eigenvalue weighted by molar-refractivity contribution is 0.0174. The smallest absolute Gasteiger partial charge is 0.270 e. The van der Waals surface area contributed by atoms with Gasteiger partial charge in [-0.2, -0.15) is 0 Å². The van der Waals surface area contributed by atoms with Crippen molar-refractivity contribution in [3.8, 4) is 0 Å². The molecule has 0 aliphatic carbocycles. The second-order valence-corrected chi connectivity index (χ2v) is 5.80. The Labute approximate surface area is 141 Å². The lowest BCUT2D eigenvalue weighted by Gasteiger charge is -2.18. The molecule has 0 fully saturated rings. The normalized spacial score (nSPS) is 13.6. The predicted molar refractivity (Wildman–Crippen MR) is 93.9 cm³/mol. The van der Waals surface area contributed by atoms with Crippen LogP contribution in [0.2, 0.25) is 0 Å². The maximum atomic E-state index is 13.2. The first-order valence-corrected chi connectivity index (χ1v) is 7.98. The number of aliphatic imine (C=N–C) groups is 1. The quantitative estimate of drug-likeness (QED) is 0.610. The fourth-order valence-electron chi connectivity index (χ4n) is 2.41. The highest BCUT2D eigenvalue weighted by atomic mass is 19.3. The van der Waals surface area contributed by atoms with Crippen molar-refractivity contribution in [3.63, 3.8) is 0 Å². The van der Waals surface area contributed by atoms with Gasteiger partial charge in [0.25, 0.3) is 5.92 Å². The molecule has 1 unspecified atom stereocenters. The molecule has 3 nitrogen and oxygen atoms in total. The van der Waals surface area contributed by atoms with Crippen molar-refractivity contribution in [2.75, 3.05) is 0 Å². The summed E-state index contributed by atoms with van der Waals surface area (Å²) < 4.78 is 26.4. The number of alkyl halides is 2. The van der Waals surface area contributed by atoms with E-state index in [0.717, 1.165) is 24.5 Å². The SMILES string of the molecule is CCC(NC(N)=NCc1ccc(C(C)(F)F)cc1)c1ccccc1. The van der Waals surface area contributed by atoms with Crippen LogP contribution in [0.5, 0.6) is 0 Å². The van der Waals surface area contributed by atoms with Gasteiger partial charge in [0.2, 0.25) is 0 Å². The molecule has 3 N–H and O–H groups in total. The fourth-order valence-corrected chi connectivity index (χ4v) is 2.41. The number of halogens is 2. The minimum absolute atomic E-state index is 0.00329. The number of hydrogen-bond donors (Lipinski definition) is 2. The van der Waals surface area contributed by atoms with Crippen LogP contribution in [-0.4, -0.2) is 5.96 Å². The van der Waals surface area contributed by atoms with Gasteiger partial charge in [-0.3, -0.25) is 0 Å². The van der Waals surface area contributed by atoms with Crippen LogP contribution in [0.15, 0.2) is 59.6 Å². The summed E-state index contributed by atoms with van der Waals surface area (Å²) in [5.41, 5.74) is 7.93. The van der Waals surface area contributed by atoms with Crippen LogP contribution >= 0.6 is 0 Å². The van der Waals surface area contributed by atoms with Gasteiger partial charge < -0.3 is 11.1 Å². The third-order valence-electron chi connectivity index (χ3n) is 3.83. The molecule has 0 amide bonds. The minimum Gasteiger partial charge on any atom is -0.370 e. The number of nitrogens with one attached hydrogen (secondary N) is 1. The molecule has 128 valence electrons. The summed E-state index contributed by atoms with van der Waals surface area (Å²) in [6.45, 7) is 3.30. The van der Waals surface area contributed by atoms with Crippen LogP contribution in [-0.2, 0) is 12.5 Å². The van der Waals surface area contributed by atoms with Gasteiger partial charge in [0.05, 0.1) is 12.6 Å². The summed E-state index contributed by atoms with van der Waals surface area (Å²) in [4.78, 5) is 4.30. The van der Waals surface area contributed by atoms with Gasteiger partial charge >= 0.3 is 0 Å². The van der Waals surface area contributed by atoms with E-state index in [1.165, 1.54) is 12.1 Å². The van der Waals surface area contributed by atoms with Gasteiger partial charge in [-0.15, -0.1) is 0 Å². The zero-order valence-corrected chi connectivity index (χ0v) is 14.0. The van der Waals surface area contributed by atoms with Crippen LogP contribution in [0.3, 0.4) is 0 Å². The summed E-state index contributed by atoms with van der Waals surface area (Å²) in [7, 11) is 0. The highest BCUT2D eigenvalue weighted by Gasteiger charge is 2.23. The molecule has 5 heteroatoms. The van der Waals surface area contributed by atoms with Gasteiger partial charge in [0.1, 0.15) is 0 Å². The molecule has 0 aliphatic rings. The van der Waals surface area contributed by atoms with Crippen molar-refractivity contribution >= 4 is 5.96 Å². The zero-order chi connectivity index (χ0) is 17.6. The third kappa shape index (κ3) is 5.05. The summed E-state index contributed by atoms with van der Waals surface area (Å²) in [5.74, 6) is -2.48. The molecular weight excluding hydrogens is 308 g/mol. The lowest BCUT2D eigenvalue weighted by atomic mass is 10.1. The van der Waals surface area contributed by atoms with E-state index in [1.54, 1.807) is 12.1 Å². The Bertz CT molecular complexity index is 661. The largest absolute Gasteiger partial charge is 0.370 e. The van der Waals surface area contributed by atoms with Gasteiger partial charge in [-0.1, -0.05) is 61.5 Å². The van der Waals surface area contributed by atoms with Gasteiger partial charge in [0.15, 0.2) is 5.96 Å².